The molecular weight excluding hydrogens is 327 g/mol. The Balaban J connectivity index is 1.69. The number of amides is 2. The van der Waals surface area contributed by atoms with E-state index in [9.17, 15) is 9.18 Å². The van der Waals surface area contributed by atoms with Gasteiger partial charge in [0.15, 0.2) is 5.82 Å². The lowest BCUT2D eigenvalue weighted by Gasteiger charge is -2.10. The van der Waals surface area contributed by atoms with Crippen LogP contribution in [0.3, 0.4) is 0 Å². The van der Waals surface area contributed by atoms with Crippen LogP contribution in [0.15, 0.2) is 24.3 Å². The SMILES string of the molecule is Cc1cc(CNC(=O)Nc2ccc(F)c(-n3nnnc3C)c2)n(C)n1. The Morgan fingerprint density at radius 1 is 1.28 bits per heavy atom. The summed E-state index contributed by atoms with van der Waals surface area (Å²) in [6.45, 7) is 3.86. The number of hydrogen-bond acceptors (Lipinski definition) is 5. The lowest BCUT2D eigenvalue weighted by Crippen LogP contribution is -2.29. The van der Waals surface area contributed by atoms with E-state index in [2.05, 4.69) is 31.3 Å². The van der Waals surface area contributed by atoms with Gasteiger partial charge in [-0.15, -0.1) is 5.10 Å². The predicted octanol–water partition coefficient (Wildman–Crippen LogP) is 1.47. The number of tetrazole rings is 1. The van der Waals surface area contributed by atoms with Crippen molar-refractivity contribution in [3.05, 3.63) is 47.3 Å². The third-order valence-corrected chi connectivity index (χ3v) is 3.59. The summed E-state index contributed by atoms with van der Waals surface area (Å²) in [4.78, 5) is 12.1. The van der Waals surface area contributed by atoms with E-state index in [1.165, 1.54) is 22.9 Å². The standard InChI is InChI=1S/C15H17FN8O/c1-9-6-12(23(3)20-9)8-17-15(25)18-11-4-5-13(16)14(7-11)24-10(2)19-21-22-24/h4-7H,8H2,1-3H3,(H2,17,18,25). The van der Waals surface area contributed by atoms with Gasteiger partial charge in [0.05, 0.1) is 17.9 Å². The fourth-order valence-electron chi connectivity index (χ4n) is 2.38. The molecule has 0 bridgehead atoms. The van der Waals surface area contributed by atoms with E-state index in [0.29, 0.717) is 18.1 Å². The molecule has 0 aliphatic rings. The normalized spacial score (nSPS) is 10.7. The van der Waals surface area contributed by atoms with Crippen molar-refractivity contribution in [3.8, 4) is 5.69 Å². The van der Waals surface area contributed by atoms with Crippen LogP contribution >= 0.6 is 0 Å². The molecule has 0 atom stereocenters. The average molecular weight is 344 g/mol. The molecule has 2 aromatic heterocycles. The van der Waals surface area contributed by atoms with Gasteiger partial charge in [0.2, 0.25) is 0 Å². The Kier molecular flexibility index (Phi) is 4.42. The molecule has 0 aliphatic carbocycles. The molecule has 9 nitrogen and oxygen atoms in total. The largest absolute Gasteiger partial charge is 0.332 e. The highest BCUT2D eigenvalue weighted by Gasteiger charge is 2.12. The van der Waals surface area contributed by atoms with Crippen LogP contribution in [0.4, 0.5) is 14.9 Å². The van der Waals surface area contributed by atoms with Crippen LogP contribution in [0.2, 0.25) is 0 Å². The average Bonchev–Trinajstić information content (AvgIpc) is 3.12. The molecule has 2 heterocycles. The topological polar surface area (TPSA) is 103 Å². The lowest BCUT2D eigenvalue weighted by atomic mass is 10.2. The highest BCUT2D eigenvalue weighted by atomic mass is 19.1. The summed E-state index contributed by atoms with van der Waals surface area (Å²) in [6, 6.07) is 5.65. The lowest BCUT2D eigenvalue weighted by molar-refractivity contribution is 0.251. The van der Waals surface area contributed by atoms with E-state index in [4.69, 9.17) is 0 Å². The van der Waals surface area contributed by atoms with Crippen LogP contribution in [0.25, 0.3) is 5.69 Å². The van der Waals surface area contributed by atoms with Gasteiger partial charge in [-0.3, -0.25) is 4.68 Å². The number of carbonyl (C=O) groups is 1. The molecular formula is C15H17FN8O. The summed E-state index contributed by atoms with van der Waals surface area (Å²) in [5, 5.41) is 20.6. The number of rotatable bonds is 4. The molecule has 0 unspecified atom stereocenters. The molecule has 2 N–H and O–H groups in total. The van der Waals surface area contributed by atoms with E-state index in [1.54, 1.807) is 11.6 Å². The minimum Gasteiger partial charge on any atom is -0.332 e. The van der Waals surface area contributed by atoms with Crippen molar-refractivity contribution >= 4 is 11.7 Å². The highest BCUT2D eigenvalue weighted by molar-refractivity contribution is 5.89. The molecule has 1 aromatic carbocycles. The molecule has 25 heavy (non-hydrogen) atoms. The van der Waals surface area contributed by atoms with Crippen LogP contribution in [-0.2, 0) is 13.6 Å². The van der Waals surface area contributed by atoms with Gasteiger partial charge in [0.1, 0.15) is 11.5 Å². The van der Waals surface area contributed by atoms with Crippen molar-refractivity contribution in [1.29, 1.82) is 0 Å². The monoisotopic (exact) mass is 344 g/mol. The Bertz CT molecular complexity index is 916. The maximum atomic E-state index is 14.0. The molecule has 0 saturated heterocycles. The maximum absolute atomic E-state index is 14.0. The van der Waals surface area contributed by atoms with Crippen molar-refractivity contribution in [2.45, 2.75) is 20.4 Å². The van der Waals surface area contributed by atoms with Gasteiger partial charge in [-0.1, -0.05) is 0 Å². The van der Waals surface area contributed by atoms with Gasteiger partial charge in [0, 0.05) is 12.7 Å². The zero-order valence-corrected chi connectivity index (χ0v) is 14.0. The maximum Gasteiger partial charge on any atom is 0.319 e. The number of hydrogen-bond donors (Lipinski definition) is 2. The fourth-order valence-corrected chi connectivity index (χ4v) is 2.38. The summed E-state index contributed by atoms with van der Waals surface area (Å²) in [7, 11) is 1.81. The predicted molar refractivity (Wildman–Crippen MR) is 87.7 cm³/mol. The first-order valence-electron chi connectivity index (χ1n) is 7.53. The first-order valence-corrected chi connectivity index (χ1v) is 7.53. The second kappa shape index (κ2) is 6.67. The zero-order chi connectivity index (χ0) is 18.0. The summed E-state index contributed by atoms with van der Waals surface area (Å²) >= 11 is 0. The van der Waals surface area contributed by atoms with E-state index in [1.807, 2.05) is 20.0 Å². The van der Waals surface area contributed by atoms with Gasteiger partial charge >= 0.3 is 6.03 Å². The Hall–Kier alpha value is -3.30. The van der Waals surface area contributed by atoms with Crippen LogP contribution < -0.4 is 10.6 Å². The van der Waals surface area contributed by atoms with Crippen molar-refractivity contribution in [2.75, 3.05) is 5.32 Å². The van der Waals surface area contributed by atoms with Crippen LogP contribution in [0, 0.1) is 19.7 Å². The number of urea groups is 1. The molecule has 3 rings (SSSR count). The minimum atomic E-state index is -0.494. The fraction of sp³-hybridized carbons (Fsp3) is 0.267. The Morgan fingerprint density at radius 3 is 2.72 bits per heavy atom. The van der Waals surface area contributed by atoms with E-state index >= 15 is 0 Å². The molecule has 0 saturated carbocycles. The molecule has 0 spiro atoms. The third kappa shape index (κ3) is 3.62. The van der Waals surface area contributed by atoms with Crippen molar-refractivity contribution in [1.82, 2.24) is 35.3 Å². The molecule has 0 aliphatic heterocycles. The van der Waals surface area contributed by atoms with Crippen molar-refractivity contribution < 1.29 is 9.18 Å². The van der Waals surface area contributed by atoms with Crippen molar-refractivity contribution in [2.24, 2.45) is 7.05 Å². The van der Waals surface area contributed by atoms with Crippen LogP contribution in [0.5, 0.6) is 0 Å². The van der Waals surface area contributed by atoms with Gasteiger partial charge in [0.25, 0.3) is 0 Å². The first-order chi connectivity index (χ1) is 11.9. The zero-order valence-electron chi connectivity index (χ0n) is 14.0. The van der Waals surface area contributed by atoms with Crippen molar-refractivity contribution in [3.63, 3.8) is 0 Å². The summed E-state index contributed by atoms with van der Waals surface area (Å²) in [5.74, 6) is -0.0567. The van der Waals surface area contributed by atoms with E-state index < -0.39 is 11.8 Å². The number of halogens is 1. The summed E-state index contributed by atoms with van der Waals surface area (Å²) < 4.78 is 17.0. The number of carbonyl (C=O) groups excluding carboxylic acids is 1. The second-order valence-corrected chi connectivity index (χ2v) is 5.51. The third-order valence-electron chi connectivity index (χ3n) is 3.59. The quantitative estimate of drug-likeness (QED) is 0.746. The van der Waals surface area contributed by atoms with Gasteiger partial charge in [-0.25, -0.2) is 9.18 Å². The van der Waals surface area contributed by atoms with Crippen LogP contribution in [-0.4, -0.2) is 36.0 Å². The second-order valence-electron chi connectivity index (χ2n) is 5.51. The molecule has 0 radical (unpaired) electrons. The van der Waals surface area contributed by atoms with Gasteiger partial charge in [-0.2, -0.15) is 9.78 Å². The van der Waals surface area contributed by atoms with E-state index in [0.717, 1.165) is 11.4 Å². The first kappa shape index (κ1) is 16.6. The molecule has 130 valence electrons. The number of anilines is 1. The number of nitrogens with zero attached hydrogens (tertiary/aromatic N) is 6. The number of nitrogens with one attached hydrogen (secondary N) is 2. The Morgan fingerprint density at radius 2 is 2.08 bits per heavy atom. The highest BCUT2D eigenvalue weighted by Crippen LogP contribution is 2.18. The summed E-state index contributed by atoms with van der Waals surface area (Å²) in [6.07, 6.45) is 0. The number of aromatic nitrogens is 6. The molecule has 10 heteroatoms. The number of benzene rings is 1. The summed E-state index contributed by atoms with van der Waals surface area (Å²) in [5.41, 5.74) is 2.32. The Labute approximate surface area is 142 Å². The minimum absolute atomic E-state index is 0.155. The molecule has 2 amide bonds. The number of aryl methyl sites for hydroxylation is 3. The van der Waals surface area contributed by atoms with Gasteiger partial charge < -0.3 is 10.6 Å². The van der Waals surface area contributed by atoms with Gasteiger partial charge in [-0.05, 0) is 48.5 Å². The smallest absolute Gasteiger partial charge is 0.319 e. The van der Waals surface area contributed by atoms with E-state index in [-0.39, 0.29) is 5.69 Å². The van der Waals surface area contributed by atoms with Crippen LogP contribution in [0.1, 0.15) is 17.2 Å². The molecule has 3 aromatic rings. The molecule has 0 fully saturated rings.